The Labute approximate surface area is 135 Å². The number of benzene rings is 2. The zero-order valence-corrected chi connectivity index (χ0v) is 13.6. The molecule has 120 valence electrons. The number of hydrogen-bond acceptors (Lipinski definition) is 2. The molecule has 0 heterocycles. The molecule has 4 N–H and O–H groups in total. The van der Waals surface area contributed by atoms with Crippen molar-refractivity contribution in [3.05, 3.63) is 64.2 Å². The van der Waals surface area contributed by atoms with Gasteiger partial charge < -0.3 is 16.4 Å². The fourth-order valence-corrected chi connectivity index (χ4v) is 2.61. The minimum Gasteiger partial charge on any atom is -0.351 e. The summed E-state index contributed by atoms with van der Waals surface area (Å²) in [6.07, 6.45) is 0. The first-order valence-corrected chi connectivity index (χ1v) is 7.38. The van der Waals surface area contributed by atoms with Crippen LogP contribution in [-0.2, 0) is 6.54 Å². The van der Waals surface area contributed by atoms with E-state index >= 15 is 0 Å². The fraction of sp³-hybridized carbons (Fsp3) is 0.222. The standard InChI is InChI=1S/C18H21N3O2/c1-11-8-12(2)16(13(3)9-11)10-20-17(22)14-4-6-15(7-5-14)21-18(19)23/h4-9H,10H2,1-3H3,(H,20,22)(H3,19,21,23). The van der Waals surface area contributed by atoms with Crippen molar-refractivity contribution in [1.82, 2.24) is 5.32 Å². The first-order chi connectivity index (χ1) is 10.9. The van der Waals surface area contributed by atoms with Crippen molar-refractivity contribution in [2.45, 2.75) is 27.3 Å². The molecule has 23 heavy (non-hydrogen) atoms. The second-order valence-electron chi connectivity index (χ2n) is 5.63. The maximum atomic E-state index is 12.2. The SMILES string of the molecule is Cc1cc(C)c(CNC(=O)c2ccc(NC(N)=O)cc2)c(C)c1. The molecule has 0 fully saturated rings. The normalized spacial score (nSPS) is 10.2. The van der Waals surface area contributed by atoms with E-state index in [1.807, 2.05) is 13.8 Å². The molecule has 2 rings (SSSR count). The first-order valence-electron chi connectivity index (χ1n) is 7.38. The van der Waals surface area contributed by atoms with Gasteiger partial charge in [-0.15, -0.1) is 0 Å². The third kappa shape index (κ3) is 4.32. The van der Waals surface area contributed by atoms with E-state index in [2.05, 4.69) is 29.7 Å². The number of amides is 3. The number of anilines is 1. The summed E-state index contributed by atoms with van der Waals surface area (Å²) < 4.78 is 0. The lowest BCUT2D eigenvalue weighted by Crippen LogP contribution is -2.24. The Morgan fingerprint density at radius 3 is 2.09 bits per heavy atom. The minimum absolute atomic E-state index is 0.157. The molecule has 0 bridgehead atoms. The number of nitrogens with one attached hydrogen (secondary N) is 2. The molecule has 0 unspecified atom stereocenters. The van der Waals surface area contributed by atoms with Gasteiger partial charge in [0.1, 0.15) is 0 Å². The molecule has 2 aromatic rings. The van der Waals surface area contributed by atoms with E-state index in [-0.39, 0.29) is 5.91 Å². The van der Waals surface area contributed by atoms with E-state index in [1.54, 1.807) is 24.3 Å². The maximum Gasteiger partial charge on any atom is 0.316 e. The summed E-state index contributed by atoms with van der Waals surface area (Å²) in [5.74, 6) is -0.157. The van der Waals surface area contributed by atoms with Crippen LogP contribution >= 0.6 is 0 Å². The highest BCUT2D eigenvalue weighted by molar-refractivity contribution is 5.95. The number of nitrogens with two attached hydrogens (primary N) is 1. The molecule has 0 aliphatic heterocycles. The lowest BCUT2D eigenvalue weighted by molar-refractivity contribution is 0.0951. The predicted octanol–water partition coefficient (Wildman–Crippen LogP) is 3.03. The maximum absolute atomic E-state index is 12.2. The molecule has 0 atom stereocenters. The topological polar surface area (TPSA) is 84.2 Å². The number of primary amides is 1. The summed E-state index contributed by atoms with van der Waals surface area (Å²) in [4.78, 5) is 23.0. The number of carbonyl (C=O) groups excluding carboxylic acids is 2. The molecular weight excluding hydrogens is 290 g/mol. The van der Waals surface area contributed by atoms with Crippen LogP contribution in [0.15, 0.2) is 36.4 Å². The van der Waals surface area contributed by atoms with E-state index in [4.69, 9.17) is 5.73 Å². The summed E-state index contributed by atoms with van der Waals surface area (Å²) in [6.45, 7) is 6.64. The van der Waals surface area contributed by atoms with Crippen LogP contribution in [0.1, 0.15) is 32.6 Å². The third-order valence-corrected chi connectivity index (χ3v) is 3.68. The van der Waals surface area contributed by atoms with E-state index in [0.29, 0.717) is 17.8 Å². The molecule has 5 heteroatoms. The number of urea groups is 1. The molecule has 0 aromatic heterocycles. The van der Waals surface area contributed by atoms with Crippen molar-refractivity contribution in [2.75, 3.05) is 5.32 Å². The van der Waals surface area contributed by atoms with Crippen LogP contribution in [0.5, 0.6) is 0 Å². The van der Waals surface area contributed by atoms with Crippen LogP contribution in [0.2, 0.25) is 0 Å². The van der Waals surface area contributed by atoms with Gasteiger partial charge in [0.2, 0.25) is 0 Å². The Kier molecular flexibility index (Phi) is 5.01. The second kappa shape index (κ2) is 6.96. The molecule has 0 aliphatic rings. The average molecular weight is 311 g/mol. The molecule has 0 aliphatic carbocycles. The Morgan fingerprint density at radius 1 is 1.00 bits per heavy atom. The van der Waals surface area contributed by atoms with Crippen molar-refractivity contribution >= 4 is 17.6 Å². The van der Waals surface area contributed by atoms with Crippen molar-refractivity contribution in [1.29, 1.82) is 0 Å². The van der Waals surface area contributed by atoms with Gasteiger partial charge in [-0.25, -0.2) is 4.79 Å². The van der Waals surface area contributed by atoms with E-state index in [0.717, 1.165) is 5.56 Å². The smallest absolute Gasteiger partial charge is 0.316 e. The zero-order chi connectivity index (χ0) is 17.0. The summed E-state index contributed by atoms with van der Waals surface area (Å²) in [5, 5.41) is 5.38. The molecular formula is C18H21N3O2. The van der Waals surface area contributed by atoms with Crippen LogP contribution < -0.4 is 16.4 Å². The highest BCUT2D eigenvalue weighted by Crippen LogP contribution is 2.16. The van der Waals surface area contributed by atoms with Gasteiger partial charge in [-0.05, 0) is 61.7 Å². The molecule has 0 saturated heterocycles. The van der Waals surface area contributed by atoms with Crippen molar-refractivity contribution in [2.24, 2.45) is 5.73 Å². The van der Waals surface area contributed by atoms with Crippen LogP contribution in [0, 0.1) is 20.8 Å². The molecule has 0 saturated carbocycles. The summed E-state index contributed by atoms with van der Waals surface area (Å²) in [7, 11) is 0. The second-order valence-corrected chi connectivity index (χ2v) is 5.63. The van der Waals surface area contributed by atoms with Gasteiger partial charge in [-0.1, -0.05) is 17.7 Å². The van der Waals surface area contributed by atoms with Crippen molar-refractivity contribution in [3.63, 3.8) is 0 Å². The highest BCUT2D eigenvalue weighted by Gasteiger charge is 2.08. The Balaban J connectivity index is 2.04. The van der Waals surface area contributed by atoms with Crippen molar-refractivity contribution in [3.8, 4) is 0 Å². The summed E-state index contributed by atoms with van der Waals surface area (Å²) >= 11 is 0. The van der Waals surface area contributed by atoms with E-state index in [1.165, 1.54) is 16.7 Å². The zero-order valence-electron chi connectivity index (χ0n) is 13.6. The monoisotopic (exact) mass is 311 g/mol. The van der Waals surface area contributed by atoms with Gasteiger partial charge in [0.05, 0.1) is 0 Å². The number of aryl methyl sites for hydroxylation is 3. The fourth-order valence-electron chi connectivity index (χ4n) is 2.61. The largest absolute Gasteiger partial charge is 0.351 e. The molecule has 5 nitrogen and oxygen atoms in total. The van der Waals surface area contributed by atoms with Gasteiger partial charge >= 0.3 is 6.03 Å². The van der Waals surface area contributed by atoms with Crippen molar-refractivity contribution < 1.29 is 9.59 Å². The number of carbonyl (C=O) groups is 2. The van der Waals surface area contributed by atoms with E-state index < -0.39 is 6.03 Å². The minimum atomic E-state index is -0.632. The average Bonchev–Trinajstić information content (AvgIpc) is 2.46. The lowest BCUT2D eigenvalue weighted by Gasteiger charge is -2.12. The molecule has 0 spiro atoms. The molecule has 3 amide bonds. The van der Waals surface area contributed by atoms with Crippen LogP contribution in [-0.4, -0.2) is 11.9 Å². The lowest BCUT2D eigenvalue weighted by atomic mass is 10.00. The van der Waals surface area contributed by atoms with Gasteiger partial charge in [0.15, 0.2) is 0 Å². The Bertz CT molecular complexity index is 713. The number of rotatable bonds is 4. The quantitative estimate of drug-likeness (QED) is 0.811. The van der Waals surface area contributed by atoms with Crippen LogP contribution in [0.25, 0.3) is 0 Å². The predicted molar refractivity (Wildman–Crippen MR) is 91.5 cm³/mol. The molecule has 2 aromatic carbocycles. The Morgan fingerprint density at radius 2 is 1.57 bits per heavy atom. The van der Waals surface area contributed by atoms with E-state index in [9.17, 15) is 9.59 Å². The van der Waals surface area contributed by atoms with Gasteiger partial charge in [0, 0.05) is 17.8 Å². The van der Waals surface area contributed by atoms with Crippen LogP contribution in [0.3, 0.4) is 0 Å². The third-order valence-electron chi connectivity index (χ3n) is 3.68. The first kappa shape index (κ1) is 16.5. The van der Waals surface area contributed by atoms with Crippen LogP contribution in [0.4, 0.5) is 10.5 Å². The summed E-state index contributed by atoms with van der Waals surface area (Å²) in [5.41, 5.74) is 10.8. The Hall–Kier alpha value is -2.82. The highest BCUT2D eigenvalue weighted by atomic mass is 16.2. The molecule has 0 radical (unpaired) electrons. The van der Waals surface area contributed by atoms with Gasteiger partial charge in [-0.2, -0.15) is 0 Å². The van der Waals surface area contributed by atoms with Gasteiger partial charge in [0.25, 0.3) is 5.91 Å². The summed E-state index contributed by atoms with van der Waals surface area (Å²) in [6, 6.07) is 10.2. The number of hydrogen-bond donors (Lipinski definition) is 3. The van der Waals surface area contributed by atoms with Gasteiger partial charge in [-0.3, -0.25) is 4.79 Å².